The Labute approximate surface area is 249 Å². The maximum absolute atomic E-state index is 12.8. The number of rotatable bonds is 13. The SMILES string of the molecule is COCCCN1CCOc2ccc(CO[C@H]3CNC(CC(=O)NCc4ccccc4)C[C@@H]3c3ccc(OC)cc3)cc21. The summed E-state index contributed by atoms with van der Waals surface area (Å²) in [4.78, 5) is 15.2. The monoisotopic (exact) mass is 573 g/mol. The summed E-state index contributed by atoms with van der Waals surface area (Å²) >= 11 is 0. The largest absolute Gasteiger partial charge is 0.497 e. The lowest BCUT2D eigenvalue weighted by Gasteiger charge is -2.37. The lowest BCUT2D eigenvalue weighted by Crippen LogP contribution is -2.48. The lowest BCUT2D eigenvalue weighted by atomic mass is 9.83. The van der Waals surface area contributed by atoms with Crippen molar-refractivity contribution in [2.24, 2.45) is 0 Å². The van der Waals surface area contributed by atoms with Crippen LogP contribution >= 0.6 is 0 Å². The Bertz CT molecular complexity index is 1270. The quantitative estimate of drug-likeness (QED) is 0.288. The smallest absolute Gasteiger partial charge is 0.221 e. The summed E-state index contributed by atoms with van der Waals surface area (Å²) in [5.74, 6) is 1.95. The van der Waals surface area contributed by atoms with Crippen LogP contribution in [0.3, 0.4) is 0 Å². The van der Waals surface area contributed by atoms with Crippen molar-refractivity contribution in [2.75, 3.05) is 52.0 Å². The summed E-state index contributed by atoms with van der Waals surface area (Å²) in [6.07, 6.45) is 2.17. The number of hydrogen-bond acceptors (Lipinski definition) is 7. The molecule has 0 spiro atoms. The van der Waals surface area contributed by atoms with Gasteiger partial charge in [0.2, 0.25) is 5.91 Å². The van der Waals surface area contributed by atoms with Crippen LogP contribution in [0.4, 0.5) is 5.69 Å². The van der Waals surface area contributed by atoms with Crippen LogP contribution in [0.25, 0.3) is 0 Å². The molecule has 0 bridgehead atoms. The molecule has 0 aromatic heterocycles. The van der Waals surface area contributed by atoms with Crippen molar-refractivity contribution in [1.29, 1.82) is 0 Å². The highest BCUT2D eigenvalue weighted by Gasteiger charge is 2.33. The molecule has 1 amide bonds. The third kappa shape index (κ3) is 8.03. The fourth-order valence-corrected chi connectivity index (χ4v) is 5.84. The maximum Gasteiger partial charge on any atom is 0.221 e. The van der Waals surface area contributed by atoms with E-state index < -0.39 is 0 Å². The molecule has 42 heavy (non-hydrogen) atoms. The number of benzene rings is 3. The highest BCUT2D eigenvalue weighted by atomic mass is 16.5. The van der Waals surface area contributed by atoms with E-state index >= 15 is 0 Å². The second-order valence-corrected chi connectivity index (χ2v) is 11.0. The number of methoxy groups -OCH3 is 2. The Hall–Kier alpha value is -3.59. The molecule has 3 aromatic carbocycles. The van der Waals surface area contributed by atoms with Crippen molar-refractivity contribution >= 4 is 11.6 Å². The number of fused-ring (bicyclic) bond motifs is 1. The van der Waals surface area contributed by atoms with Gasteiger partial charge in [-0.05, 0) is 53.8 Å². The lowest BCUT2D eigenvalue weighted by molar-refractivity contribution is -0.122. The number of amides is 1. The van der Waals surface area contributed by atoms with E-state index in [9.17, 15) is 4.79 Å². The highest BCUT2D eigenvalue weighted by molar-refractivity contribution is 5.76. The van der Waals surface area contributed by atoms with Gasteiger partial charge in [-0.15, -0.1) is 0 Å². The van der Waals surface area contributed by atoms with Crippen LogP contribution in [-0.2, 0) is 27.4 Å². The molecule has 1 saturated heterocycles. The minimum absolute atomic E-state index is 0.0351. The highest BCUT2D eigenvalue weighted by Crippen LogP contribution is 2.35. The zero-order valence-corrected chi connectivity index (χ0v) is 24.7. The third-order valence-corrected chi connectivity index (χ3v) is 8.13. The zero-order chi connectivity index (χ0) is 29.1. The summed E-state index contributed by atoms with van der Waals surface area (Å²) in [5, 5.41) is 6.66. The van der Waals surface area contributed by atoms with Gasteiger partial charge in [-0.1, -0.05) is 48.5 Å². The Kier molecular flexibility index (Phi) is 10.7. The molecule has 5 rings (SSSR count). The average molecular weight is 574 g/mol. The normalized spacial score (nSPS) is 20.0. The first-order valence-electron chi connectivity index (χ1n) is 14.9. The molecule has 0 radical (unpaired) electrons. The van der Waals surface area contributed by atoms with E-state index in [2.05, 4.69) is 45.9 Å². The molecule has 1 fully saturated rings. The molecule has 224 valence electrons. The fourth-order valence-electron chi connectivity index (χ4n) is 5.84. The number of anilines is 1. The minimum atomic E-state index is -0.0351. The molecule has 0 aliphatic carbocycles. The van der Waals surface area contributed by atoms with Gasteiger partial charge in [0.05, 0.1) is 32.1 Å². The van der Waals surface area contributed by atoms with Gasteiger partial charge in [0.15, 0.2) is 0 Å². The van der Waals surface area contributed by atoms with Crippen molar-refractivity contribution in [2.45, 2.75) is 50.5 Å². The van der Waals surface area contributed by atoms with Gasteiger partial charge in [0.1, 0.15) is 18.1 Å². The molecular formula is C34H43N3O5. The minimum Gasteiger partial charge on any atom is -0.497 e. The van der Waals surface area contributed by atoms with Gasteiger partial charge in [0, 0.05) is 51.7 Å². The molecule has 2 N–H and O–H groups in total. The van der Waals surface area contributed by atoms with E-state index in [0.717, 1.165) is 60.9 Å². The Morgan fingerprint density at radius 1 is 1.05 bits per heavy atom. The van der Waals surface area contributed by atoms with Crippen LogP contribution in [0.15, 0.2) is 72.8 Å². The molecule has 8 heteroatoms. The van der Waals surface area contributed by atoms with Gasteiger partial charge in [-0.2, -0.15) is 0 Å². The number of nitrogens with zero attached hydrogens (tertiary/aromatic N) is 1. The van der Waals surface area contributed by atoms with E-state index in [0.29, 0.717) is 32.7 Å². The van der Waals surface area contributed by atoms with E-state index in [4.69, 9.17) is 18.9 Å². The second-order valence-electron chi connectivity index (χ2n) is 11.0. The van der Waals surface area contributed by atoms with E-state index in [1.807, 2.05) is 42.5 Å². The summed E-state index contributed by atoms with van der Waals surface area (Å²) < 4.78 is 23.2. The zero-order valence-electron chi connectivity index (χ0n) is 24.7. The number of piperidine rings is 1. The first kappa shape index (κ1) is 29.9. The molecule has 3 aromatic rings. The Balaban J connectivity index is 1.23. The van der Waals surface area contributed by atoms with Crippen molar-refractivity contribution < 1.29 is 23.7 Å². The summed E-state index contributed by atoms with van der Waals surface area (Å²) in [6.45, 7) is 4.94. The van der Waals surface area contributed by atoms with Crippen molar-refractivity contribution in [3.63, 3.8) is 0 Å². The first-order chi connectivity index (χ1) is 20.6. The molecule has 1 unspecified atom stereocenters. The van der Waals surface area contributed by atoms with Gasteiger partial charge >= 0.3 is 0 Å². The maximum atomic E-state index is 12.8. The summed E-state index contributed by atoms with van der Waals surface area (Å²) in [6, 6.07) is 24.6. The predicted octanol–water partition coefficient (Wildman–Crippen LogP) is 4.67. The van der Waals surface area contributed by atoms with Crippen LogP contribution in [0, 0.1) is 0 Å². The van der Waals surface area contributed by atoms with Gasteiger partial charge in [-0.3, -0.25) is 4.79 Å². The van der Waals surface area contributed by atoms with Crippen LogP contribution in [0.1, 0.15) is 41.9 Å². The van der Waals surface area contributed by atoms with Crippen molar-refractivity contribution in [1.82, 2.24) is 10.6 Å². The Morgan fingerprint density at radius 2 is 1.88 bits per heavy atom. The number of carbonyl (C=O) groups excluding carboxylic acids is 1. The molecule has 2 aliphatic heterocycles. The summed E-state index contributed by atoms with van der Waals surface area (Å²) in [5.41, 5.74) is 4.53. The standard InChI is InChI=1S/C34H43N3O5/c1-39-17-6-15-37-16-18-41-32-14-9-26(19-31(32)37)24-42-33-23-35-28(20-30(33)27-10-12-29(40-2)13-11-27)21-34(38)36-22-25-7-4-3-5-8-25/h3-5,7-14,19,28,30,33,35H,6,15-18,20-24H2,1-2H3,(H,36,38)/t28?,30-,33+/m1/s1. The number of ether oxygens (including phenoxy) is 4. The van der Waals surface area contributed by atoms with Crippen LogP contribution < -0.4 is 25.0 Å². The molecule has 3 atom stereocenters. The predicted molar refractivity (Wildman–Crippen MR) is 164 cm³/mol. The molecule has 2 heterocycles. The first-order valence-corrected chi connectivity index (χ1v) is 14.9. The molecule has 8 nitrogen and oxygen atoms in total. The number of carbonyl (C=O) groups is 1. The average Bonchev–Trinajstić information content (AvgIpc) is 3.04. The number of nitrogens with one attached hydrogen (secondary N) is 2. The van der Waals surface area contributed by atoms with E-state index in [1.165, 1.54) is 5.56 Å². The summed E-state index contributed by atoms with van der Waals surface area (Å²) in [7, 11) is 3.42. The van der Waals surface area contributed by atoms with Crippen LogP contribution in [0.5, 0.6) is 11.5 Å². The number of hydrogen-bond donors (Lipinski definition) is 2. The molecule has 0 saturated carbocycles. The van der Waals surface area contributed by atoms with Crippen LogP contribution in [0.2, 0.25) is 0 Å². The van der Waals surface area contributed by atoms with Crippen molar-refractivity contribution in [3.8, 4) is 11.5 Å². The topological polar surface area (TPSA) is 81.3 Å². The van der Waals surface area contributed by atoms with Crippen LogP contribution in [-0.4, -0.2) is 65.1 Å². The third-order valence-electron chi connectivity index (χ3n) is 8.13. The van der Waals surface area contributed by atoms with Gasteiger partial charge in [-0.25, -0.2) is 0 Å². The molecule has 2 aliphatic rings. The van der Waals surface area contributed by atoms with Crippen molar-refractivity contribution in [3.05, 3.63) is 89.5 Å². The molecular weight excluding hydrogens is 530 g/mol. The fraction of sp³-hybridized carbons (Fsp3) is 0.441. The second kappa shape index (κ2) is 15.0. The van der Waals surface area contributed by atoms with E-state index in [-0.39, 0.29) is 24.0 Å². The Morgan fingerprint density at radius 3 is 2.67 bits per heavy atom. The van der Waals surface area contributed by atoms with Gasteiger partial charge < -0.3 is 34.5 Å². The van der Waals surface area contributed by atoms with E-state index in [1.54, 1.807) is 14.2 Å². The van der Waals surface area contributed by atoms with Gasteiger partial charge in [0.25, 0.3) is 0 Å².